The number of aromatic nitrogens is 3. The van der Waals surface area contributed by atoms with Crippen LogP contribution in [0.5, 0.6) is 5.75 Å². The SMILES string of the molecule is Cc1nc(C(=O)N2C[C@@H]3C[C@@H]3[C@H]2CNC(=O)Oc2cnn3ccccc23)c(-c2cccc(Cl)c2)s1. The molecule has 6 rings (SSSR count). The van der Waals surface area contributed by atoms with Gasteiger partial charge in [0.1, 0.15) is 11.2 Å². The number of aryl methyl sites for hydroxylation is 1. The number of likely N-dealkylation sites (tertiary alicyclic amines) is 1. The lowest BCUT2D eigenvalue weighted by molar-refractivity contribution is 0.0700. The quantitative estimate of drug-likeness (QED) is 0.424. The molecule has 2 fully saturated rings. The predicted molar refractivity (Wildman–Crippen MR) is 133 cm³/mol. The summed E-state index contributed by atoms with van der Waals surface area (Å²) in [6.07, 6.45) is 3.80. The van der Waals surface area contributed by atoms with Gasteiger partial charge in [0.15, 0.2) is 5.75 Å². The van der Waals surface area contributed by atoms with Crippen LogP contribution in [0.4, 0.5) is 4.79 Å². The van der Waals surface area contributed by atoms with E-state index in [4.69, 9.17) is 16.3 Å². The lowest BCUT2D eigenvalue weighted by Gasteiger charge is -2.27. The van der Waals surface area contributed by atoms with Gasteiger partial charge < -0.3 is 15.0 Å². The minimum atomic E-state index is -0.565. The van der Waals surface area contributed by atoms with Gasteiger partial charge in [0.25, 0.3) is 5.91 Å². The number of halogens is 1. The molecule has 4 heterocycles. The molecule has 35 heavy (non-hydrogen) atoms. The number of amides is 2. The smallest absolute Gasteiger partial charge is 0.406 e. The van der Waals surface area contributed by atoms with Crippen molar-refractivity contribution in [3.05, 3.63) is 70.6 Å². The topological polar surface area (TPSA) is 88.8 Å². The highest BCUT2D eigenvalue weighted by molar-refractivity contribution is 7.15. The zero-order valence-electron chi connectivity index (χ0n) is 18.8. The van der Waals surface area contributed by atoms with E-state index in [1.165, 1.54) is 17.5 Å². The largest absolute Gasteiger partial charge is 0.412 e. The summed E-state index contributed by atoms with van der Waals surface area (Å²) >= 11 is 7.68. The Morgan fingerprint density at radius 3 is 3.00 bits per heavy atom. The molecule has 3 aromatic heterocycles. The second kappa shape index (κ2) is 8.66. The summed E-state index contributed by atoms with van der Waals surface area (Å²) in [5.41, 5.74) is 2.02. The van der Waals surface area contributed by atoms with Crippen molar-refractivity contribution in [2.45, 2.75) is 19.4 Å². The number of nitrogens with zero attached hydrogens (tertiary/aromatic N) is 4. The highest BCUT2D eigenvalue weighted by atomic mass is 35.5. The third-order valence-corrected chi connectivity index (χ3v) is 7.89. The third-order valence-electron chi connectivity index (χ3n) is 6.64. The maximum atomic E-state index is 13.6. The number of rotatable bonds is 5. The highest BCUT2D eigenvalue weighted by Gasteiger charge is 2.54. The van der Waals surface area contributed by atoms with Crippen LogP contribution in [0, 0.1) is 18.8 Å². The van der Waals surface area contributed by atoms with Gasteiger partial charge in [-0.1, -0.05) is 29.8 Å². The molecule has 1 N–H and O–H groups in total. The number of pyridine rings is 1. The van der Waals surface area contributed by atoms with E-state index in [9.17, 15) is 9.59 Å². The Morgan fingerprint density at radius 2 is 2.14 bits per heavy atom. The van der Waals surface area contributed by atoms with Gasteiger partial charge >= 0.3 is 6.09 Å². The first-order valence-electron chi connectivity index (χ1n) is 11.4. The van der Waals surface area contributed by atoms with Gasteiger partial charge in [0.05, 0.1) is 22.1 Å². The van der Waals surface area contributed by atoms with Crippen LogP contribution >= 0.6 is 22.9 Å². The predicted octanol–water partition coefficient (Wildman–Crippen LogP) is 4.67. The number of thiazole rings is 1. The molecule has 0 spiro atoms. The molecule has 1 aromatic carbocycles. The summed E-state index contributed by atoms with van der Waals surface area (Å²) in [5.74, 6) is 1.12. The summed E-state index contributed by atoms with van der Waals surface area (Å²) in [5, 5.41) is 8.47. The van der Waals surface area contributed by atoms with Gasteiger partial charge in [-0.25, -0.2) is 14.3 Å². The molecule has 1 aliphatic carbocycles. The number of carbonyl (C=O) groups is 2. The van der Waals surface area contributed by atoms with Crippen LogP contribution in [0.3, 0.4) is 0 Å². The zero-order valence-corrected chi connectivity index (χ0v) is 20.4. The van der Waals surface area contributed by atoms with Gasteiger partial charge in [0, 0.05) is 24.3 Å². The summed E-state index contributed by atoms with van der Waals surface area (Å²) < 4.78 is 7.13. The lowest BCUT2D eigenvalue weighted by Crippen LogP contribution is -2.46. The van der Waals surface area contributed by atoms with E-state index in [0.29, 0.717) is 46.9 Å². The highest BCUT2D eigenvalue weighted by Crippen LogP contribution is 2.50. The molecular weight excluding hydrogens is 486 g/mol. The van der Waals surface area contributed by atoms with E-state index in [0.717, 1.165) is 21.9 Å². The van der Waals surface area contributed by atoms with Crippen molar-refractivity contribution >= 4 is 40.5 Å². The van der Waals surface area contributed by atoms with Crippen molar-refractivity contribution in [2.75, 3.05) is 13.1 Å². The molecule has 10 heteroatoms. The molecule has 1 saturated heterocycles. The number of carbonyl (C=O) groups excluding carboxylic acids is 2. The number of benzene rings is 1. The van der Waals surface area contributed by atoms with Crippen molar-refractivity contribution < 1.29 is 14.3 Å². The van der Waals surface area contributed by atoms with Crippen molar-refractivity contribution in [1.29, 1.82) is 0 Å². The van der Waals surface area contributed by atoms with E-state index in [-0.39, 0.29) is 11.9 Å². The second-order valence-corrected chi connectivity index (χ2v) is 10.6. The maximum absolute atomic E-state index is 13.6. The Hall–Kier alpha value is -3.43. The summed E-state index contributed by atoms with van der Waals surface area (Å²) in [6, 6.07) is 12.9. The molecule has 2 aliphatic rings. The molecule has 3 atom stereocenters. The minimum Gasteiger partial charge on any atom is -0.406 e. The Bertz CT molecular complexity index is 1450. The molecule has 1 saturated carbocycles. The monoisotopic (exact) mass is 507 g/mol. The van der Waals surface area contributed by atoms with Crippen molar-refractivity contribution in [3.8, 4) is 16.2 Å². The van der Waals surface area contributed by atoms with Gasteiger partial charge in [-0.2, -0.15) is 5.10 Å². The average Bonchev–Trinajstić information content (AvgIpc) is 3.16. The van der Waals surface area contributed by atoms with Crippen LogP contribution in [-0.2, 0) is 0 Å². The van der Waals surface area contributed by atoms with Crippen molar-refractivity contribution in [1.82, 2.24) is 24.8 Å². The number of nitrogens with one attached hydrogen (secondary N) is 1. The number of hydrogen-bond donors (Lipinski definition) is 1. The average molecular weight is 508 g/mol. The molecular formula is C25H22ClN5O3S. The number of hydrogen-bond acceptors (Lipinski definition) is 6. The van der Waals surface area contributed by atoms with E-state index in [1.807, 2.05) is 54.3 Å². The number of ether oxygens (including phenoxy) is 1. The summed E-state index contributed by atoms with van der Waals surface area (Å²) in [6.45, 7) is 2.89. The summed E-state index contributed by atoms with van der Waals surface area (Å²) in [7, 11) is 0. The fraction of sp³-hybridized carbons (Fsp3) is 0.280. The van der Waals surface area contributed by atoms with Crippen LogP contribution < -0.4 is 10.1 Å². The van der Waals surface area contributed by atoms with Gasteiger partial charge in [-0.3, -0.25) is 4.79 Å². The van der Waals surface area contributed by atoms with E-state index in [1.54, 1.807) is 10.7 Å². The first-order chi connectivity index (χ1) is 17.0. The Kier molecular flexibility index (Phi) is 5.46. The lowest BCUT2D eigenvalue weighted by atomic mass is 10.1. The van der Waals surface area contributed by atoms with Crippen LogP contribution in [0.1, 0.15) is 21.9 Å². The fourth-order valence-corrected chi connectivity index (χ4v) is 6.01. The van der Waals surface area contributed by atoms with E-state index in [2.05, 4.69) is 15.4 Å². The van der Waals surface area contributed by atoms with Crippen molar-refractivity contribution in [2.24, 2.45) is 11.8 Å². The molecule has 1 aliphatic heterocycles. The second-order valence-electron chi connectivity index (χ2n) is 8.92. The molecule has 178 valence electrons. The Balaban J connectivity index is 1.17. The number of piperidine rings is 1. The van der Waals surface area contributed by atoms with Crippen LogP contribution in [0.25, 0.3) is 16.0 Å². The minimum absolute atomic E-state index is 0.0989. The fourth-order valence-electron chi connectivity index (χ4n) is 4.91. The number of fused-ring (bicyclic) bond motifs is 2. The van der Waals surface area contributed by atoms with Gasteiger partial charge in [0.2, 0.25) is 0 Å². The third kappa shape index (κ3) is 4.15. The van der Waals surface area contributed by atoms with Crippen molar-refractivity contribution in [3.63, 3.8) is 0 Å². The van der Waals surface area contributed by atoms with Crippen LogP contribution in [0.15, 0.2) is 54.9 Å². The molecule has 0 unspecified atom stereocenters. The Labute approximate surface area is 210 Å². The van der Waals surface area contributed by atoms with Crippen LogP contribution in [-0.4, -0.2) is 50.6 Å². The zero-order chi connectivity index (χ0) is 24.1. The standard InChI is InChI=1S/C25H22ClN5O3S/c1-14-29-22(23(35-14)15-5-4-6-17(26)9-15)24(32)30-13-16-10-18(16)20(30)11-27-25(33)34-21-12-28-31-8-3-2-7-19(21)31/h2-9,12,16,18,20H,10-11,13H2,1H3,(H,27,33)/t16-,18-,20+/m0/s1. The molecule has 0 radical (unpaired) electrons. The summed E-state index contributed by atoms with van der Waals surface area (Å²) in [4.78, 5) is 33.4. The van der Waals surface area contributed by atoms with E-state index >= 15 is 0 Å². The molecule has 2 amide bonds. The molecule has 8 nitrogen and oxygen atoms in total. The maximum Gasteiger partial charge on any atom is 0.412 e. The molecule has 4 aromatic rings. The van der Waals surface area contributed by atoms with Gasteiger partial charge in [-0.15, -0.1) is 11.3 Å². The Morgan fingerprint density at radius 1 is 1.26 bits per heavy atom. The normalized spacial score (nSPS) is 20.6. The first kappa shape index (κ1) is 22.1. The van der Waals surface area contributed by atoms with E-state index < -0.39 is 6.09 Å². The van der Waals surface area contributed by atoms with Gasteiger partial charge in [-0.05, 0) is 55.0 Å². The molecule has 0 bridgehead atoms. The van der Waals surface area contributed by atoms with Crippen LogP contribution in [0.2, 0.25) is 5.02 Å². The first-order valence-corrected chi connectivity index (χ1v) is 12.6.